The van der Waals surface area contributed by atoms with E-state index in [1.54, 1.807) is 0 Å². The molecule has 0 spiro atoms. The molecular weight excluding hydrogens is 284 g/mol. The van der Waals surface area contributed by atoms with E-state index in [1.165, 1.54) is 20.9 Å². The SMILES string of the molecule is Cc1ccsc1CN(CCN(C)C)Cc1sccc1C. The topological polar surface area (TPSA) is 6.48 Å². The Morgan fingerprint density at radius 2 is 1.35 bits per heavy atom. The summed E-state index contributed by atoms with van der Waals surface area (Å²) in [5.74, 6) is 0. The van der Waals surface area contributed by atoms with Crippen molar-refractivity contribution in [3.05, 3.63) is 43.8 Å². The van der Waals surface area contributed by atoms with Gasteiger partial charge in [0.1, 0.15) is 0 Å². The van der Waals surface area contributed by atoms with Crippen LogP contribution in [0.1, 0.15) is 20.9 Å². The number of hydrogen-bond donors (Lipinski definition) is 0. The molecular formula is C16H24N2S2. The molecule has 2 rings (SSSR count). The molecule has 0 aliphatic carbocycles. The van der Waals surface area contributed by atoms with Crippen LogP contribution in [-0.4, -0.2) is 37.0 Å². The molecule has 2 nitrogen and oxygen atoms in total. The summed E-state index contributed by atoms with van der Waals surface area (Å²) in [6, 6.07) is 4.45. The molecule has 0 fully saturated rings. The van der Waals surface area contributed by atoms with Crippen molar-refractivity contribution in [1.29, 1.82) is 0 Å². The zero-order chi connectivity index (χ0) is 14.5. The molecule has 2 aromatic rings. The van der Waals surface area contributed by atoms with E-state index in [9.17, 15) is 0 Å². The molecule has 0 saturated carbocycles. The summed E-state index contributed by atoms with van der Waals surface area (Å²) in [5.41, 5.74) is 2.85. The average molecular weight is 309 g/mol. The van der Waals surface area contributed by atoms with Gasteiger partial charge in [-0.3, -0.25) is 4.90 Å². The van der Waals surface area contributed by atoms with Crippen LogP contribution in [0.2, 0.25) is 0 Å². The van der Waals surface area contributed by atoms with E-state index in [1.807, 2.05) is 22.7 Å². The van der Waals surface area contributed by atoms with Crippen LogP contribution >= 0.6 is 22.7 Å². The van der Waals surface area contributed by atoms with Crippen LogP contribution < -0.4 is 0 Å². The first-order valence-electron chi connectivity index (χ1n) is 6.99. The third kappa shape index (κ3) is 4.42. The van der Waals surface area contributed by atoms with Crippen molar-refractivity contribution in [2.75, 3.05) is 27.2 Å². The Balaban J connectivity index is 2.04. The molecule has 0 saturated heterocycles. The Hall–Kier alpha value is -0.680. The number of hydrogen-bond acceptors (Lipinski definition) is 4. The predicted molar refractivity (Wildman–Crippen MR) is 90.8 cm³/mol. The molecule has 2 aromatic heterocycles. The standard InChI is InChI=1S/C16H24N2S2/c1-13-5-9-19-15(13)11-18(8-7-17(3)4)12-16-14(2)6-10-20-16/h5-6,9-10H,7-8,11-12H2,1-4H3. The highest BCUT2D eigenvalue weighted by Crippen LogP contribution is 2.22. The second-order valence-electron chi connectivity index (χ2n) is 5.57. The Kier molecular flexibility index (Phi) is 5.78. The molecule has 0 amide bonds. The van der Waals surface area contributed by atoms with Gasteiger partial charge in [0.25, 0.3) is 0 Å². The average Bonchev–Trinajstić information content (AvgIpc) is 2.97. The summed E-state index contributed by atoms with van der Waals surface area (Å²) >= 11 is 3.75. The minimum Gasteiger partial charge on any atom is -0.308 e. The van der Waals surface area contributed by atoms with Crippen LogP contribution in [0.3, 0.4) is 0 Å². The summed E-state index contributed by atoms with van der Waals surface area (Å²) in [5, 5.41) is 4.40. The lowest BCUT2D eigenvalue weighted by molar-refractivity contribution is 0.229. The maximum Gasteiger partial charge on any atom is 0.0334 e. The fourth-order valence-corrected chi connectivity index (χ4v) is 3.99. The Bertz CT molecular complexity index is 486. The monoisotopic (exact) mass is 308 g/mol. The number of aryl methyl sites for hydroxylation is 2. The summed E-state index contributed by atoms with van der Waals surface area (Å²) in [6.45, 7) is 8.78. The van der Waals surface area contributed by atoms with Gasteiger partial charge in [-0.2, -0.15) is 0 Å². The highest BCUT2D eigenvalue weighted by molar-refractivity contribution is 7.10. The van der Waals surface area contributed by atoms with E-state index >= 15 is 0 Å². The first-order valence-corrected chi connectivity index (χ1v) is 8.75. The highest BCUT2D eigenvalue weighted by atomic mass is 32.1. The van der Waals surface area contributed by atoms with E-state index in [-0.39, 0.29) is 0 Å². The van der Waals surface area contributed by atoms with Crippen LogP contribution in [0.15, 0.2) is 22.9 Å². The maximum absolute atomic E-state index is 2.57. The quantitative estimate of drug-likeness (QED) is 0.763. The van der Waals surface area contributed by atoms with Gasteiger partial charge in [0, 0.05) is 35.9 Å². The second-order valence-corrected chi connectivity index (χ2v) is 7.57. The molecule has 0 aliphatic rings. The smallest absolute Gasteiger partial charge is 0.0334 e. The van der Waals surface area contributed by atoms with Crippen molar-refractivity contribution >= 4 is 22.7 Å². The van der Waals surface area contributed by atoms with E-state index in [2.05, 4.69) is 60.6 Å². The van der Waals surface area contributed by atoms with E-state index < -0.39 is 0 Å². The summed E-state index contributed by atoms with van der Waals surface area (Å²) in [6.07, 6.45) is 0. The largest absolute Gasteiger partial charge is 0.308 e. The number of nitrogens with zero attached hydrogens (tertiary/aromatic N) is 2. The maximum atomic E-state index is 2.57. The van der Waals surface area contributed by atoms with Gasteiger partial charge in [0.2, 0.25) is 0 Å². The minimum absolute atomic E-state index is 1.06. The van der Waals surface area contributed by atoms with Crippen molar-refractivity contribution in [1.82, 2.24) is 9.80 Å². The normalized spacial score (nSPS) is 11.7. The molecule has 110 valence electrons. The third-order valence-corrected chi connectivity index (χ3v) is 5.55. The molecule has 0 aliphatic heterocycles. The van der Waals surface area contributed by atoms with Crippen LogP contribution in [0.5, 0.6) is 0 Å². The zero-order valence-electron chi connectivity index (χ0n) is 12.8. The molecule has 0 N–H and O–H groups in total. The van der Waals surface area contributed by atoms with Gasteiger partial charge in [0.15, 0.2) is 0 Å². The fourth-order valence-electron chi connectivity index (χ4n) is 2.09. The van der Waals surface area contributed by atoms with Gasteiger partial charge in [0.05, 0.1) is 0 Å². The second kappa shape index (κ2) is 7.36. The van der Waals surface area contributed by atoms with Crippen molar-refractivity contribution in [2.24, 2.45) is 0 Å². The molecule has 4 heteroatoms. The van der Waals surface area contributed by atoms with E-state index in [0.29, 0.717) is 0 Å². The van der Waals surface area contributed by atoms with Gasteiger partial charge in [-0.25, -0.2) is 0 Å². The molecule has 0 bridgehead atoms. The third-order valence-electron chi connectivity index (χ3n) is 3.53. The van der Waals surface area contributed by atoms with Crippen molar-refractivity contribution in [3.63, 3.8) is 0 Å². The van der Waals surface area contributed by atoms with Crippen molar-refractivity contribution < 1.29 is 0 Å². The van der Waals surface area contributed by atoms with Gasteiger partial charge in [-0.15, -0.1) is 22.7 Å². The van der Waals surface area contributed by atoms with Crippen LogP contribution in [0.4, 0.5) is 0 Å². The molecule has 0 aromatic carbocycles. The predicted octanol–water partition coefficient (Wildman–Crippen LogP) is 3.99. The van der Waals surface area contributed by atoms with Crippen LogP contribution in [0, 0.1) is 13.8 Å². The van der Waals surface area contributed by atoms with Gasteiger partial charge >= 0.3 is 0 Å². The molecule has 0 radical (unpaired) electrons. The number of thiophene rings is 2. The first-order chi connectivity index (χ1) is 9.56. The molecule has 0 unspecified atom stereocenters. The van der Waals surface area contributed by atoms with E-state index in [0.717, 1.165) is 26.2 Å². The summed E-state index contributed by atoms with van der Waals surface area (Å²) in [7, 11) is 4.29. The first kappa shape index (κ1) is 15.7. The lowest BCUT2D eigenvalue weighted by Crippen LogP contribution is -2.31. The number of rotatable bonds is 7. The van der Waals surface area contributed by atoms with Gasteiger partial charge in [-0.05, 0) is 62.0 Å². The lowest BCUT2D eigenvalue weighted by Gasteiger charge is -2.24. The lowest BCUT2D eigenvalue weighted by atomic mass is 10.2. The molecule has 0 atom stereocenters. The fraction of sp³-hybridized carbons (Fsp3) is 0.500. The molecule has 20 heavy (non-hydrogen) atoms. The van der Waals surface area contributed by atoms with Gasteiger partial charge < -0.3 is 4.90 Å². The van der Waals surface area contributed by atoms with Gasteiger partial charge in [-0.1, -0.05) is 0 Å². The minimum atomic E-state index is 1.06. The van der Waals surface area contributed by atoms with E-state index in [4.69, 9.17) is 0 Å². The Labute approximate surface area is 130 Å². The zero-order valence-corrected chi connectivity index (χ0v) is 14.5. The Morgan fingerprint density at radius 3 is 1.70 bits per heavy atom. The highest BCUT2D eigenvalue weighted by Gasteiger charge is 2.12. The Morgan fingerprint density at radius 1 is 0.850 bits per heavy atom. The summed E-state index contributed by atoms with van der Waals surface area (Å²) < 4.78 is 0. The number of likely N-dealkylation sites (N-methyl/N-ethyl adjacent to an activating group) is 1. The van der Waals surface area contributed by atoms with Crippen molar-refractivity contribution in [2.45, 2.75) is 26.9 Å². The van der Waals surface area contributed by atoms with Crippen LogP contribution in [-0.2, 0) is 13.1 Å². The molecule has 2 heterocycles. The summed E-state index contributed by atoms with van der Waals surface area (Å²) in [4.78, 5) is 7.82. The van der Waals surface area contributed by atoms with Crippen LogP contribution in [0.25, 0.3) is 0 Å². The van der Waals surface area contributed by atoms with Crippen molar-refractivity contribution in [3.8, 4) is 0 Å².